The first kappa shape index (κ1) is 11.2. The highest BCUT2D eigenvalue weighted by molar-refractivity contribution is 9.10. The van der Waals surface area contributed by atoms with Gasteiger partial charge in [0.05, 0.1) is 12.1 Å². The Morgan fingerprint density at radius 3 is 2.73 bits per heavy atom. The maximum Gasteiger partial charge on any atom is 0.169 e. The van der Waals surface area contributed by atoms with Gasteiger partial charge in [-0.2, -0.15) is 0 Å². The highest BCUT2D eigenvalue weighted by Crippen LogP contribution is 2.28. The van der Waals surface area contributed by atoms with E-state index in [0.717, 1.165) is 36.1 Å². The largest absolute Gasteiger partial charge is 0.453 e. The summed E-state index contributed by atoms with van der Waals surface area (Å²) >= 11 is 3.26. The van der Waals surface area contributed by atoms with Crippen LogP contribution in [0.3, 0.4) is 0 Å². The Bertz CT molecular complexity index is 318. The summed E-state index contributed by atoms with van der Waals surface area (Å²) in [5.41, 5.74) is -0.482. The third kappa shape index (κ3) is 3.06. The minimum absolute atomic E-state index is 0.482. The molecule has 0 saturated heterocycles. The fourth-order valence-electron chi connectivity index (χ4n) is 2.08. The molecule has 15 heavy (non-hydrogen) atoms. The molecule has 1 fully saturated rings. The van der Waals surface area contributed by atoms with E-state index < -0.39 is 5.60 Å². The predicted molar refractivity (Wildman–Crippen MR) is 61.5 cm³/mol. The Labute approximate surface area is 98.0 Å². The van der Waals surface area contributed by atoms with Crippen molar-refractivity contribution in [1.29, 1.82) is 0 Å². The van der Waals surface area contributed by atoms with Gasteiger partial charge in [0.2, 0.25) is 0 Å². The molecular formula is C11H16BrNO2. The van der Waals surface area contributed by atoms with E-state index in [0.29, 0.717) is 13.1 Å². The number of aliphatic hydroxyl groups is 1. The molecule has 1 aromatic rings. The van der Waals surface area contributed by atoms with Crippen molar-refractivity contribution in [1.82, 2.24) is 5.32 Å². The van der Waals surface area contributed by atoms with E-state index in [1.807, 2.05) is 12.1 Å². The maximum absolute atomic E-state index is 10.1. The first-order chi connectivity index (χ1) is 7.18. The van der Waals surface area contributed by atoms with Gasteiger partial charge in [-0.15, -0.1) is 0 Å². The fourth-order valence-corrected chi connectivity index (χ4v) is 2.42. The van der Waals surface area contributed by atoms with E-state index in [1.165, 1.54) is 0 Å². The van der Waals surface area contributed by atoms with Crippen LogP contribution in [0.1, 0.15) is 31.4 Å². The van der Waals surface area contributed by atoms with Crippen molar-refractivity contribution >= 4 is 15.9 Å². The Morgan fingerprint density at radius 2 is 2.13 bits per heavy atom. The van der Waals surface area contributed by atoms with E-state index in [2.05, 4.69) is 21.2 Å². The minimum Gasteiger partial charge on any atom is -0.453 e. The molecule has 84 valence electrons. The molecule has 1 aromatic heterocycles. The molecule has 0 spiro atoms. The number of halogens is 1. The lowest BCUT2D eigenvalue weighted by atomic mass is 10.0. The second kappa shape index (κ2) is 4.68. The summed E-state index contributed by atoms with van der Waals surface area (Å²) < 4.78 is 6.10. The van der Waals surface area contributed by atoms with Crippen molar-refractivity contribution in [2.75, 3.05) is 6.54 Å². The highest BCUT2D eigenvalue weighted by Gasteiger charge is 2.30. The molecule has 0 unspecified atom stereocenters. The number of rotatable bonds is 4. The zero-order chi connectivity index (χ0) is 10.7. The predicted octanol–water partition coefficient (Wildman–Crippen LogP) is 2.44. The van der Waals surface area contributed by atoms with E-state index >= 15 is 0 Å². The maximum atomic E-state index is 10.1. The zero-order valence-corrected chi connectivity index (χ0v) is 10.2. The summed E-state index contributed by atoms with van der Waals surface area (Å²) in [4.78, 5) is 0. The van der Waals surface area contributed by atoms with Crippen molar-refractivity contribution in [2.24, 2.45) is 0 Å². The Hall–Kier alpha value is -0.320. The normalized spacial score (nSPS) is 19.6. The molecule has 0 radical (unpaired) electrons. The molecule has 0 atom stereocenters. The quantitative estimate of drug-likeness (QED) is 0.886. The molecule has 0 aliphatic heterocycles. The fraction of sp³-hybridized carbons (Fsp3) is 0.636. The number of hydrogen-bond acceptors (Lipinski definition) is 3. The molecular weight excluding hydrogens is 258 g/mol. The van der Waals surface area contributed by atoms with Crippen molar-refractivity contribution in [3.63, 3.8) is 0 Å². The average molecular weight is 274 g/mol. The highest BCUT2D eigenvalue weighted by atomic mass is 79.9. The van der Waals surface area contributed by atoms with Crippen molar-refractivity contribution in [3.8, 4) is 0 Å². The summed E-state index contributed by atoms with van der Waals surface area (Å²) in [6.07, 6.45) is 4.12. The van der Waals surface area contributed by atoms with Gasteiger partial charge < -0.3 is 14.8 Å². The lowest BCUT2D eigenvalue weighted by Crippen LogP contribution is -2.37. The molecule has 1 saturated carbocycles. The van der Waals surface area contributed by atoms with Gasteiger partial charge in [0.25, 0.3) is 0 Å². The SMILES string of the molecule is OC1(CNCc2ccc(Br)o2)CCCC1. The van der Waals surface area contributed by atoms with E-state index in [9.17, 15) is 5.11 Å². The third-order valence-corrected chi connectivity index (χ3v) is 3.34. The average Bonchev–Trinajstić information content (AvgIpc) is 2.76. The number of furan rings is 1. The van der Waals surface area contributed by atoms with E-state index in [-0.39, 0.29) is 0 Å². The van der Waals surface area contributed by atoms with Gasteiger partial charge >= 0.3 is 0 Å². The first-order valence-corrected chi connectivity index (χ1v) is 6.15. The standard InChI is InChI=1S/C11H16BrNO2/c12-10-4-3-9(15-10)7-13-8-11(14)5-1-2-6-11/h3-4,13-14H,1-2,5-8H2. The summed E-state index contributed by atoms with van der Waals surface area (Å²) in [5, 5.41) is 13.3. The van der Waals surface area contributed by atoms with Crippen LogP contribution in [0.2, 0.25) is 0 Å². The Balaban J connectivity index is 1.75. The molecule has 1 heterocycles. The van der Waals surface area contributed by atoms with Crippen LogP contribution in [-0.4, -0.2) is 17.3 Å². The van der Waals surface area contributed by atoms with Crippen LogP contribution in [0.15, 0.2) is 21.2 Å². The van der Waals surface area contributed by atoms with Crippen LogP contribution in [-0.2, 0) is 6.54 Å². The van der Waals surface area contributed by atoms with Gasteiger partial charge in [0, 0.05) is 6.54 Å². The molecule has 4 heteroatoms. The van der Waals surface area contributed by atoms with Gasteiger partial charge in [-0.3, -0.25) is 0 Å². The number of nitrogens with one attached hydrogen (secondary N) is 1. The lowest BCUT2D eigenvalue weighted by molar-refractivity contribution is 0.0470. The van der Waals surface area contributed by atoms with Gasteiger partial charge in [-0.1, -0.05) is 12.8 Å². The van der Waals surface area contributed by atoms with Crippen LogP contribution in [0.4, 0.5) is 0 Å². The van der Waals surface area contributed by atoms with Crippen LogP contribution < -0.4 is 5.32 Å². The van der Waals surface area contributed by atoms with Crippen molar-refractivity contribution in [2.45, 2.75) is 37.8 Å². The Kier molecular flexibility index (Phi) is 3.49. The summed E-state index contributed by atoms with van der Waals surface area (Å²) in [7, 11) is 0. The monoisotopic (exact) mass is 273 g/mol. The van der Waals surface area contributed by atoms with E-state index in [4.69, 9.17) is 4.42 Å². The molecule has 0 aromatic carbocycles. The van der Waals surface area contributed by atoms with Gasteiger partial charge in [0.15, 0.2) is 4.67 Å². The second-order valence-corrected chi connectivity index (χ2v) is 5.02. The molecule has 0 bridgehead atoms. The van der Waals surface area contributed by atoms with E-state index in [1.54, 1.807) is 0 Å². The smallest absolute Gasteiger partial charge is 0.169 e. The molecule has 3 nitrogen and oxygen atoms in total. The topological polar surface area (TPSA) is 45.4 Å². The van der Waals surface area contributed by atoms with Gasteiger partial charge in [-0.05, 0) is 40.9 Å². The zero-order valence-electron chi connectivity index (χ0n) is 8.63. The molecule has 2 rings (SSSR count). The molecule has 1 aliphatic rings. The van der Waals surface area contributed by atoms with Gasteiger partial charge in [0.1, 0.15) is 5.76 Å². The van der Waals surface area contributed by atoms with Crippen molar-refractivity contribution < 1.29 is 9.52 Å². The molecule has 1 aliphatic carbocycles. The second-order valence-electron chi connectivity index (χ2n) is 4.24. The minimum atomic E-state index is -0.482. The molecule has 2 N–H and O–H groups in total. The van der Waals surface area contributed by atoms with Gasteiger partial charge in [-0.25, -0.2) is 0 Å². The van der Waals surface area contributed by atoms with Crippen LogP contribution in [0.25, 0.3) is 0 Å². The van der Waals surface area contributed by atoms with Crippen LogP contribution in [0, 0.1) is 0 Å². The number of hydrogen-bond donors (Lipinski definition) is 2. The third-order valence-electron chi connectivity index (χ3n) is 2.92. The lowest BCUT2D eigenvalue weighted by Gasteiger charge is -2.21. The van der Waals surface area contributed by atoms with Crippen LogP contribution in [0.5, 0.6) is 0 Å². The summed E-state index contributed by atoms with van der Waals surface area (Å²) in [6.45, 7) is 1.33. The molecule has 0 amide bonds. The Morgan fingerprint density at radius 1 is 1.40 bits per heavy atom. The van der Waals surface area contributed by atoms with Crippen molar-refractivity contribution in [3.05, 3.63) is 22.6 Å². The summed E-state index contributed by atoms with van der Waals surface area (Å²) in [6, 6.07) is 3.80. The first-order valence-electron chi connectivity index (χ1n) is 5.35. The summed E-state index contributed by atoms with van der Waals surface area (Å²) in [5.74, 6) is 0.892. The van der Waals surface area contributed by atoms with Crippen LogP contribution >= 0.6 is 15.9 Å².